The minimum Gasteiger partial charge on any atom is -0.496 e. The van der Waals surface area contributed by atoms with Crippen molar-refractivity contribution in [2.45, 2.75) is 20.8 Å². The molecule has 3 heteroatoms. The van der Waals surface area contributed by atoms with Gasteiger partial charge in [-0.15, -0.1) is 0 Å². The van der Waals surface area contributed by atoms with Gasteiger partial charge in [0.25, 0.3) is 0 Å². The molecule has 1 aromatic carbocycles. The van der Waals surface area contributed by atoms with Crippen LogP contribution in [0.1, 0.15) is 22.3 Å². The predicted octanol–water partition coefficient (Wildman–Crippen LogP) is 2.81. The van der Waals surface area contributed by atoms with Crippen molar-refractivity contribution in [2.24, 2.45) is 0 Å². The molecule has 0 unspecified atom stereocenters. The van der Waals surface area contributed by atoms with Crippen LogP contribution in [0.3, 0.4) is 0 Å². The van der Waals surface area contributed by atoms with E-state index in [0.717, 1.165) is 28.0 Å². The molecule has 0 spiro atoms. The number of rotatable bonds is 3. The van der Waals surface area contributed by atoms with Crippen molar-refractivity contribution < 1.29 is 14.3 Å². The van der Waals surface area contributed by atoms with E-state index < -0.39 is 5.97 Å². The van der Waals surface area contributed by atoms with Gasteiger partial charge < -0.3 is 9.47 Å². The molecule has 0 amide bonds. The molecule has 0 heterocycles. The number of hydrogen-bond acceptors (Lipinski definition) is 3. The molecular formula is C14H18O3. The lowest BCUT2D eigenvalue weighted by molar-refractivity contribution is -0.133. The molecule has 3 nitrogen and oxygen atoms in total. The third-order valence-electron chi connectivity index (χ3n) is 3.00. The van der Waals surface area contributed by atoms with Crippen LogP contribution in [0, 0.1) is 20.8 Å². The molecule has 0 saturated heterocycles. The van der Waals surface area contributed by atoms with E-state index >= 15 is 0 Å². The molecule has 17 heavy (non-hydrogen) atoms. The lowest BCUT2D eigenvalue weighted by Gasteiger charge is -2.16. The highest BCUT2D eigenvalue weighted by atomic mass is 16.5. The minimum atomic E-state index is -0.402. The Labute approximate surface area is 102 Å². The van der Waals surface area contributed by atoms with Crippen LogP contribution < -0.4 is 4.74 Å². The second-order valence-corrected chi connectivity index (χ2v) is 3.99. The highest BCUT2D eigenvalue weighted by Crippen LogP contribution is 2.31. The fraction of sp³-hybridized carbons (Fsp3) is 0.357. The van der Waals surface area contributed by atoms with Crippen LogP contribution in [0.25, 0.3) is 5.57 Å². The fourth-order valence-corrected chi connectivity index (χ4v) is 1.95. The largest absolute Gasteiger partial charge is 0.496 e. The second-order valence-electron chi connectivity index (χ2n) is 3.99. The van der Waals surface area contributed by atoms with E-state index in [1.165, 1.54) is 7.11 Å². The summed E-state index contributed by atoms with van der Waals surface area (Å²) in [4.78, 5) is 11.5. The Morgan fingerprint density at radius 1 is 1.18 bits per heavy atom. The summed E-state index contributed by atoms with van der Waals surface area (Å²) in [6.07, 6.45) is 0. The quantitative estimate of drug-likeness (QED) is 0.596. The molecule has 1 aromatic rings. The smallest absolute Gasteiger partial charge is 0.337 e. The molecule has 0 N–H and O–H groups in total. The van der Waals surface area contributed by atoms with E-state index in [1.54, 1.807) is 7.11 Å². The third kappa shape index (κ3) is 2.33. The number of esters is 1. The first kappa shape index (κ1) is 13.3. The predicted molar refractivity (Wildman–Crippen MR) is 68.3 cm³/mol. The summed E-state index contributed by atoms with van der Waals surface area (Å²) in [5.41, 5.74) is 4.19. The van der Waals surface area contributed by atoms with Crippen molar-refractivity contribution in [1.29, 1.82) is 0 Å². The number of carbonyl (C=O) groups excluding carboxylic acids is 1. The molecule has 0 saturated carbocycles. The lowest BCUT2D eigenvalue weighted by Crippen LogP contribution is -2.07. The van der Waals surface area contributed by atoms with Gasteiger partial charge in [0.1, 0.15) is 5.75 Å². The van der Waals surface area contributed by atoms with Crippen LogP contribution in [0.4, 0.5) is 0 Å². The summed E-state index contributed by atoms with van der Waals surface area (Å²) in [5, 5.41) is 0. The molecule has 0 atom stereocenters. The number of ether oxygens (including phenoxy) is 2. The van der Waals surface area contributed by atoms with Crippen molar-refractivity contribution in [3.8, 4) is 5.75 Å². The lowest BCUT2D eigenvalue weighted by atomic mass is 9.92. The maximum atomic E-state index is 11.5. The zero-order valence-corrected chi connectivity index (χ0v) is 11.0. The number of carbonyl (C=O) groups is 1. The number of hydrogen-bond donors (Lipinski definition) is 0. The Bertz CT molecular complexity index is 473. The van der Waals surface area contributed by atoms with E-state index in [4.69, 9.17) is 9.47 Å². The van der Waals surface area contributed by atoms with Gasteiger partial charge in [-0.05, 0) is 49.1 Å². The van der Waals surface area contributed by atoms with E-state index in [-0.39, 0.29) is 0 Å². The molecule has 0 aliphatic carbocycles. The maximum absolute atomic E-state index is 11.5. The Morgan fingerprint density at radius 3 is 2.24 bits per heavy atom. The molecule has 0 aromatic heterocycles. The minimum absolute atomic E-state index is 0.383. The van der Waals surface area contributed by atoms with Crippen LogP contribution in [0.15, 0.2) is 12.6 Å². The average Bonchev–Trinajstić information content (AvgIpc) is 2.32. The Morgan fingerprint density at radius 2 is 1.76 bits per heavy atom. The standard InChI is InChI=1S/C14H18O3/c1-8-7-12(16-5)9(2)10(3)13(8)11(4)14(15)17-6/h7H,4H2,1-3,5-6H3. The van der Waals surface area contributed by atoms with Gasteiger partial charge in [-0.1, -0.05) is 6.58 Å². The molecule has 0 bridgehead atoms. The Kier molecular flexibility index (Phi) is 3.94. The van der Waals surface area contributed by atoms with E-state index in [9.17, 15) is 4.79 Å². The summed E-state index contributed by atoms with van der Waals surface area (Å²) in [6.45, 7) is 9.64. The fourth-order valence-electron chi connectivity index (χ4n) is 1.95. The van der Waals surface area contributed by atoms with Crippen LogP contribution in [0.5, 0.6) is 5.75 Å². The van der Waals surface area contributed by atoms with Crippen molar-refractivity contribution >= 4 is 11.5 Å². The first-order chi connectivity index (χ1) is 7.93. The second kappa shape index (κ2) is 5.04. The summed E-state index contributed by atoms with van der Waals surface area (Å²) < 4.78 is 9.99. The van der Waals surface area contributed by atoms with Crippen LogP contribution >= 0.6 is 0 Å². The van der Waals surface area contributed by atoms with Gasteiger partial charge in [0.2, 0.25) is 0 Å². The van der Waals surface area contributed by atoms with E-state index in [0.29, 0.717) is 5.57 Å². The molecule has 0 radical (unpaired) electrons. The highest BCUT2D eigenvalue weighted by molar-refractivity contribution is 6.16. The zero-order chi connectivity index (χ0) is 13.2. The first-order valence-corrected chi connectivity index (χ1v) is 5.36. The van der Waals surface area contributed by atoms with Crippen LogP contribution in [0.2, 0.25) is 0 Å². The summed E-state index contributed by atoms with van der Waals surface area (Å²) in [5.74, 6) is 0.419. The number of methoxy groups -OCH3 is 2. The Balaban J connectivity index is 3.40. The number of aryl methyl sites for hydroxylation is 1. The summed E-state index contributed by atoms with van der Waals surface area (Å²) in [7, 11) is 2.99. The van der Waals surface area contributed by atoms with Gasteiger partial charge in [0.05, 0.1) is 19.8 Å². The summed E-state index contributed by atoms with van der Waals surface area (Å²) >= 11 is 0. The summed E-state index contributed by atoms with van der Waals surface area (Å²) in [6, 6.07) is 1.91. The molecule has 1 rings (SSSR count). The van der Waals surface area contributed by atoms with Gasteiger partial charge in [-0.25, -0.2) is 4.79 Å². The van der Waals surface area contributed by atoms with Gasteiger partial charge in [0.15, 0.2) is 0 Å². The molecule has 92 valence electrons. The zero-order valence-electron chi connectivity index (χ0n) is 11.0. The van der Waals surface area contributed by atoms with E-state index in [2.05, 4.69) is 6.58 Å². The first-order valence-electron chi connectivity index (χ1n) is 5.36. The van der Waals surface area contributed by atoms with Gasteiger partial charge in [-0.3, -0.25) is 0 Å². The number of benzene rings is 1. The molecular weight excluding hydrogens is 216 g/mol. The van der Waals surface area contributed by atoms with Gasteiger partial charge >= 0.3 is 5.97 Å². The maximum Gasteiger partial charge on any atom is 0.337 e. The molecule has 0 fully saturated rings. The monoisotopic (exact) mass is 234 g/mol. The topological polar surface area (TPSA) is 35.5 Å². The van der Waals surface area contributed by atoms with Crippen LogP contribution in [-0.2, 0) is 9.53 Å². The SMILES string of the molecule is C=C(C(=O)OC)c1c(C)cc(OC)c(C)c1C. The van der Waals surface area contributed by atoms with Crippen molar-refractivity contribution in [2.75, 3.05) is 14.2 Å². The normalized spacial score (nSPS) is 9.94. The molecule has 0 aliphatic heterocycles. The van der Waals surface area contributed by atoms with Gasteiger partial charge in [0, 0.05) is 0 Å². The molecule has 0 aliphatic rings. The average molecular weight is 234 g/mol. The van der Waals surface area contributed by atoms with Crippen molar-refractivity contribution in [1.82, 2.24) is 0 Å². The van der Waals surface area contributed by atoms with E-state index in [1.807, 2.05) is 26.8 Å². The Hall–Kier alpha value is -1.77. The van der Waals surface area contributed by atoms with Gasteiger partial charge in [-0.2, -0.15) is 0 Å². The third-order valence-corrected chi connectivity index (χ3v) is 3.00. The van der Waals surface area contributed by atoms with Crippen molar-refractivity contribution in [3.63, 3.8) is 0 Å². The highest BCUT2D eigenvalue weighted by Gasteiger charge is 2.17. The van der Waals surface area contributed by atoms with Crippen molar-refractivity contribution in [3.05, 3.63) is 34.9 Å². The van der Waals surface area contributed by atoms with Crippen LogP contribution in [-0.4, -0.2) is 20.2 Å².